The van der Waals surface area contributed by atoms with Gasteiger partial charge in [0.2, 0.25) is 0 Å². The topological polar surface area (TPSA) is 51.8 Å². The number of halogens is 1. The van der Waals surface area contributed by atoms with Crippen LogP contribution in [-0.2, 0) is 5.75 Å². The fourth-order valence-electron chi connectivity index (χ4n) is 1.42. The second kappa shape index (κ2) is 5.51. The number of nitrogens with zero attached hydrogens (tertiary/aromatic N) is 2. The minimum atomic E-state index is 0.528. The Morgan fingerprint density at radius 2 is 2.06 bits per heavy atom. The average Bonchev–Trinajstić information content (AvgIpc) is 2.27. The molecule has 0 aliphatic rings. The van der Waals surface area contributed by atoms with Crippen molar-refractivity contribution in [3.05, 3.63) is 46.3 Å². The zero-order chi connectivity index (χ0) is 12.3. The van der Waals surface area contributed by atoms with E-state index in [1.807, 2.05) is 25.1 Å². The van der Waals surface area contributed by atoms with E-state index in [9.17, 15) is 0 Å². The number of hydrogen-bond donors (Lipinski definition) is 1. The fraction of sp³-hybridized carbons (Fsp3) is 0.167. The maximum atomic E-state index is 5.69. The molecule has 2 rings (SSSR count). The maximum absolute atomic E-state index is 5.69. The molecule has 3 nitrogen and oxygen atoms in total. The molecule has 1 aromatic heterocycles. The van der Waals surface area contributed by atoms with Crippen LogP contribution in [0.4, 0.5) is 5.82 Å². The van der Waals surface area contributed by atoms with Crippen LogP contribution in [0.3, 0.4) is 0 Å². The van der Waals surface area contributed by atoms with Gasteiger partial charge in [0.15, 0.2) is 0 Å². The van der Waals surface area contributed by atoms with Gasteiger partial charge in [-0.3, -0.25) is 0 Å². The van der Waals surface area contributed by atoms with Crippen LogP contribution in [0, 0.1) is 6.92 Å². The smallest absolute Gasteiger partial charge is 0.141 e. The first kappa shape index (κ1) is 12.4. The van der Waals surface area contributed by atoms with Crippen molar-refractivity contribution < 1.29 is 0 Å². The molecule has 88 valence electrons. The molecule has 0 bridgehead atoms. The predicted octanol–water partition coefficient (Wildman–Crippen LogP) is 3.42. The Labute approximate surface area is 113 Å². The Balaban J connectivity index is 2.10. The van der Waals surface area contributed by atoms with Crippen LogP contribution < -0.4 is 5.73 Å². The summed E-state index contributed by atoms with van der Waals surface area (Å²) in [4.78, 5) is 9.74. The zero-order valence-electron chi connectivity index (χ0n) is 9.35. The maximum Gasteiger partial charge on any atom is 0.141 e. The summed E-state index contributed by atoms with van der Waals surface area (Å²) in [6, 6.07) is 9.86. The fourth-order valence-corrected chi connectivity index (χ4v) is 2.85. The Bertz CT molecular complexity index is 511. The van der Waals surface area contributed by atoms with Crippen molar-refractivity contribution in [2.45, 2.75) is 17.6 Å². The second-order valence-corrected chi connectivity index (χ2v) is 5.44. The molecular formula is C12H12BrN3S. The summed E-state index contributed by atoms with van der Waals surface area (Å²) in [6.07, 6.45) is 0. The molecule has 0 unspecified atom stereocenters. The van der Waals surface area contributed by atoms with Crippen molar-refractivity contribution in [1.29, 1.82) is 0 Å². The van der Waals surface area contributed by atoms with Crippen LogP contribution in [0.25, 0.3) is 0 Å². The van der Waals surface area contributed by atoms with Crippen molar-refractivity contribution in [3.63, 3.8) is 0 Å². The van der Waals surface area contributed by atoms with Gasteiger partial charge in [-0.2, -0.15) is 0 Å². The van der Waals surface area contributed by atoms with E-state index in [1.165, 1.54) is 4.90 Å². The molecule has 0 aliphatic heterocycles. The van der Waals surface area contributed by atoms with Crippen LogP contribution in [0.1, 0.15) is 11.5 Å². The van der Waals surface area contributed by atoms with Gasteiger partial charge in [-0.05, 0) is 35.0 Å². The first-order valence-electron chi connectivity index (χ1n) is 5.12. The summed E-state index contributed by atoms with van der Waals surface area (Å²) in [6.45, 7) is 1.92. The van der Waals surface area contributed by atoms with Gasteiger partial charge in [0, 0.05) is 21.1 Å². The first-order chi connectivity index (χ1) is 8.15. The van der Waals surface area contributed by atoms with E-state index in [0.29, 0.717) is 11.6 Å². The molecule has 2 aromatic rings. The summed E-state index contributed by atoms with van der Waals surface area (Å²) < 4.78 is 1.09. The summed E-state index contributed by atoms with van der Waals surface area (Å²) in [5.41, 5.74) is 6.59. The summed E-state index contributed by atoms with van der Waals surface area (Å²) in [7, 11) is 0. The molecule has 1 aromatic carbocycles. The minimum absolute atomic E-state index is 0.528. The number of thioether (sulfide) groups is 1. The summed E-state index contributed by atoms with van der Waals surface area (Å²) in [5.74, 6) is 2.01. The number of benzene rings is 1. The van der Waals surface area contributed by atoms with E-state index in [0.717, 1.165) is 16.0 Å². The predicted molar refractivity (Wildman–Crippen MR) is 74.9 cm³/mol. The van der Waals surface area contributed by atoms with Gasteiger partial charge in [0.25, 0.3) is 0 Å². The first-order valence-corrected chi connectivity index (χ1v) is 6.90. The van der Waals surface area contributed by atoms with Crippen LogP contribution in [-0.4, -0.2) is 9.97 Å². The van der Waals surface area contributed by atoms with Gasteiger partial charge < -0.3 is 5.73 Å². The number of anilines is 1. The van der Waals surface area contributed by atoms with E-state index in [-0.39, 0.29) is 0 Å². The van der Waals surface area contributed by atoms with E-state index in [2.05, 4.69) is 32.0 Å². The molecule has 2 N–H and O–H groups in total. The normalized spacial score (nSPS) is 10.5. The van der Waals surface area contributed by atoms with Gasteiger partial charge in [-0.25, -0.2) is 9.97 Å². The van der Waals surface area contributed by atoms with Crippen molar-refractivity contribution in [1.82, 2.24) is 9.97 Å². The highest BCUT2D eigenvalue weighted by Gasteiger charge is 2.03. The molecule has 1 heterocycles. The molecule has 0 amide bonds. The van der Waals surface area contributed by atoms with Gasteiger partial charge in [-0.15, -0.1) is 11.8 Å². The molecule has 5 heteroatoms. The van der Waals surface area contributed by atoms with E-state index in [1.54, 1.807) is 17.8 Å². The molecule has 17 heavy (non-hydrogen) atoms. The monoisotopic (exact) mass is 309 g/mol. The Hall–Kier alpha value is -1.07. The lowest BCUT2D eigenvalue weighted by molar-refractivity contribution is 1.00. The standard InChI is InChI=1S/C12H12BrN3S/c1-8-6-11(14)16-12(15-8)7-17-10-5-3-2-4-9(10)13/h2-6H,7H2,1H3,(H2,14,15,16). The lowest BCUT2D eigenvalue weighted by Gasteiger charge is -2.04. The number of aryl methyl sites for hydroxylation is 1. The lowest BCUT2D eigenvalue weighted by Crippen LogP contribution is -1.99. The number of nitrogen functional groups attached to an aromatic ring is 1. The minimum Gasteiger partial charge on any atom is -0.384 e. The van der Waals surface area contributed by atoms with E-state index >= 15 is 0 Å². The average molecular weight is 310 g/mol. The molecule has 0 spiro atoms. The number of aromatic nitrogens is 2. The highest BCUT2D eigenvalue weighted by molar-refractivity contribution is 9.10. The molecule has 0 saturated carbocycles. The van der Waals surface area contributed by atoms with Crippen LogP contribution in [0.5, 0.6) is 0 Å². The molecular weight excluding hydrogens is 298 g/mol. The Morgan fingerprint density at radius 1 is 1.29 bits per heavy atom. The largest absolute Gasteiger partial charge is 0.384 e. The third-order valence-corrected chi connectivity index (χ3v) is 4.14. The van der Waals surface area contributed by atoms with Crippen LogP contribution in [0.2, 0.25) is 0 Å². The van der Waals surface area contributed by atoms with Crippen LogP contribution >= 0.6 is 27.7 Å². The second-order valence-electron chi connectivity index (χ2n) is 3.57. The highest BCUT2D eigenvalue weighted by Crippen LogP contribution is 2.28. The van der Waals surface area contributed by atoms with E-state index in [4.69, 9.17) is 5.73 Å². The number of nitrogens with two attached hydrogens (primary N) is 1. The third kappa shape index (κ3) is 3.44. The molecule has 0 radical (unpaired) electrons. The lowest BCUT2D eigenvalue weighted by atomic mass is 10.4. The van der Waals surface area contributed by atoms with Crippen molar-refractivity contribution in [2.75, 3.05) is 5.73 Å². The van der Waals surface area contributed by atoms with E-state index < -0.39 is 0 Å². The Kier molecular flexibility index (Phi) is 4.02. The molecule has 0 atom stereocenters. The number of rotatable bonds is 3. The van der Waals surface area contributed by atoms with Gasteiger partial charge in [-0.1, -0.05) is 12.1 Å². The molecule has 0 fully saturated rings. The Morgan fingerprint density at radius 3 is 2.76 bits per heavy atom. The number of hydrogen-bond acceptors (Lipinski definition) is 4. The molecule has 0 aliphatic carbocycles. The molecule has 0 saturated heterocycles. The van der Waals surface area contributed by atoms with Crippen LogP contribution in [0.15, 0.2) is 39.7 Å². The quantitative estimate of drug-likeness (QED) is 0.883. The van der Waals surface area contributed by atoms with Crippen molar-refractivity contribution in [2.24, 2.45) is 0 Å². The van der Waals surface area contributed by atoms with Crippen molar-refractivity contribution in [3.8, 4) is 0 Å². The van der Waals surface area contributed by atoms with Gasteiger partial charge >= 0.3 is 0 Å². The van der Waals surface area contributed by atoms with Gasteiger partial charge in [0.05, 0.1) is 5.75 Å². The SMILES string of the molecule is Cc1cc(N)nc(CSc2ccccc2Br)n1. The van der Waals surface area contributed by atoms with Gasteiger partial charge in [0.1, 0.15) is 11.6 Å². The summed E-state index contributed by atoms with van der Waals surface area (Å²) in [5, 5.41) is 0. The summed E-state index contributed by atoms with van der Waals surface area (Å²) >= 11 is 5.20. The third-order valence-electron chi connectivity index (χ3n) is 2.11. The van der Waals surface area contributed by atoms with Crippen molar-refractivity contribution >= 4 is 33.5 Å². The zero-order valence-corrected chi connectivity index (χ0v) is 11.8. The highest BCUT2D eigenvalue weighted by atomic mass is 79.9.